The summed E-state index contributed by atoms with van der Waals surface area (Å²) in [6, 6.07) is 6.07. The number of piperidine rings is 1. The van der Waals surface area contributed by atoms with Gasteiger partial charge in [0.05, 0.1) is 0 Å². The van der Waals surface area contributed by atoms with E-state index >= 15 is 0 Å². The fraction of sp³-hybridized carbons (Fsp3) is 0.562. The Kier molecular flexibility index (Phi) is 3.21. The fourth-order valence-corrected chi connectivity index (χ4v) is 3.75. The van der Waals surface area contributed by atoms with Crippen LogP contribution < -0.4 is 0 Å². The van der Waals surface area contributed by atoms with Gasteiger partial charge in [-0.25, -0.2) is 0 Å². The SMILES string of the molecule is CCC(=O)N1CCCC2c3cc(O)ccc3CCC21. The second-order valence-corrected chi connectivity index (χ2v) is 5.68. The molecule has 1 aliphatic carbocycles. The minimum absolute atomic E-state index is 0.276. The third-order valence-corrected chi connectivity index (χ3v) is 4.64. The van der Waals surface area contributed by atoms with Gasteiger partial charge in [0.15, 0.2) is 0 Å². The molecule has 3 rings (SSSR count). The lowest BCUT2D eigenvalue weighted by Gasteiger charge is -2.45. The van der Waals surface area contributed by atoms with Crippen LogP contribution in [0.15, 0.2) is 18.2 Å². The molecule has 1 amide bonds. The minimum Gasteiger partial charge on any atom is -0.508 e. The van der Waals surface area contributed by atoms with E-state index in [1.807, 2.05) is 19.1 Å². The lowest BCUT2D eigenvalue weighted by molar-refractivity contribution is -0.135. The maximum absolute atomic E-state index is 12.1. The number of hydrogen-bond donors (Lipinski definition) is 1. The molecule has 1 saturated heterocycles. The van der Waals surface area contributed by atoms with Gasteiger partial charge in [-0.2, -0.15) is 0 Å². The highest BCUT2D eigenvalue weighted by molar-refractivity contribution is 5.76. The molecule has 0 saturated carbocycles. The first kappa shape index (κ1) is 12.5. The first-order chi connectivity index (χ1) is 9.20. The van der Waals surface area contributed by atoms with Crippen molar-refractivity contribution in [1.29, 1.82) is 0 Å². The zero-order valence-electron chi connectivity index (χ0n) is 11.4. The predicted octanol–water partition coefficient (Wildman–Crippen LogP) is 2.82. The van der Waals surface area contributed by atoms with Crippen LogP contribution in [-0.4, -0.2) is 28.5 Å². The molecule has 1 aliphatic heterocycles. The Balaban J connectivity index is 1.94. The fourth-order valence-electron chi connectivity index (χ4n) is 3.75. The second kappa shape index (κ2) is 4.87. The van der Waals surface area contributed by atoms with Gasteiger partial charge in [0.2, 0.25) is 5.91 Å². The van der Waals surface area contributed by atoms with Crippen molar-refractivity contribution in [2.24, 2.45) is 0 Å². The van der Waals surface area contributed by atoms with Crippen molar-refractivity contribution in [3.63, 3.8) is 0 Å². The van der Waals surface area contributed by atoms with E-state index < -0.39 is 0 Å². The summed E-state index contributed by atoms with van der Waals surface area (Å²) in [7, 11) is 0. The Bertz CT molecular complexity index is 498. The van der Waals surface area contributed by atoms with Crippen molar-refractivity contribution in [1.82, 2.24) is 4.90 Å². The summed E-state index contributed by atoms with van der Waals surface area (Å²) in [6.45, 7) is 2.84. The zero-order valence-corrected chi connectivity index (χ0v) is 11.4. The Labute approximate surface area is 114 Å². The van der Waals surface area contributed by atoms with E-state index in [1.54, 1.807) is 6.07 Å². The van der Waals surface area contributed by atoms with E-state index in [2.05, 4.69) is 4.90 Å². The molecule has 102 valence electrons. The molecule has 1 aromatic carbocycles. The normalized spacial score (nSPS) is 25.6. The minimum atomic E-state index is 0.276. The molecular formula is C16H21NO2. The molecule has 2 unspecified atom stereocenters. The quantitative estimate of drug-likeness (QED) is 0.842. The Morgan fingerprint density at radius 3 is 3.05 bits per heavy atom. The predicted molar refractivity (Wildman–Crippen MR) is 74.2 cm³/mol. The highest BCUT2D eigenvalue weighted by atomic mass is 16.3. The monoisotopic (exact) mass is 259 g/mol. The molecule has 0 spiro atoms. The highest BCUT2D eigenvalue weighted by Crippen LogP contribution is 2.41. The van der Waals surface area contributed by atoms with Gasteiger partial charge < -0.3 is 10.0 Å². The van der Waals surface area contributed by atoms with E-state index in [9.17, 15) is 9.90 Å². The summed E-state index contributed by atoms with van der Waals surface area (Å²) in [4.78, 5) is 14.2. The molecule has 1 aromatic rings. The number of phenolic OH excluding ortho intramolecular Hbond substituents is 1. The van der Waals surface area contributed by atoms with E-state index in [4.69, 9.17) is 0 Å². The van der Waals surface area contributed by atoms with Gasteiger partial charge in [0, 0.05) is 24.9 Å². The standard InChI is InChI=1S/C16H21NO2/c1-2-16(19)17-9-3-4-13-14-10-12(18)7-5-11(14)6-8-15(13)17/h5,7,10,13,15,18H,2-4,6,8-9H2,1H3. The van der Waals surface area contributed by atoms with Crippen LogP contribution in [0.3, 0.4) is 0 Å². The number of fused-ring (bicyclic) bond motifs is 3. The van der Waals surface area contributed by atoms with Gasteiger partial charge in [0.1, 0.15) is 5.75 Å². The molecule has 0 radical (unpaired) electrons. The zero-order chi connectivity index (χ0) is 13.4. The molecule has 1 heterocycles. The van der Waals surface area contributed by atoms with Gasteiger partial charge in [0.25, 0.3) is 0 Å². The Morgan fingerprint density at radius 2 is 2.26 bits per heavy atom. The number of carbonyl (C=O) groups is 1. The molecule has 1 N–H and O–H groups in total. The van der Waals surface area contributed by atoms with Crippen molar-refractivity contribution in [3.8, 4) is 5.75 Å². The largest absolute Gasteiger partial charge is 0.508 e. The second-order valence-electron chi connectivity index (χ2n) is 5.68. The lowest BCUT2D eigenvalue weighted by atomic mass is 9.74. The van der Waals surface area contributed by atoms with Crippen LogP contribution in [0.25, 0.3) is 0 Å². The van der Waals surface area contributed by atoms with Crippen LogP contribution in [0, 0.1) is 0 Å². The van der Waals surface area contributed by atoms with Crippen molar-refractivity contribution < 1.29 is 9.90 Å². The Morgan fingerprint density at radius 1 is 1.42 bits per heavy atom. The van der Waals surface area contributed by atoms with E-state index in [-0.39, 0.29) is 5.91 Å². The van der Waals surface area contributed by atoms with Crippen LogP contribution in [0.4, 0.5) is 0 Å². The first-order valence-corrected chi connectivity index (χ1v) is 7.32. The summed E-state index contributed by atoms with van der Waals surface area (Å²) >= 11 is 0. The average molecular weight is 259 g/mol. The average Bonchev–Trinajstić information content (AvgIpc) is 2.45. The molecular weight excluding hydrogens is 238 g/mol. The van der Waals surface area contributed by atoms with Crippen LogP contribution in [0.1, 0.15) is 49.7 Å². The molecule has 3 heteroatoms. The van der Waals surface area contributed by atoms with Crippen LogP contribution in [0.5, 0.6) is 5.75 Å². The summed E-state index contributed by atoms with van der Waals surface area (Å²) in [5, 5.41) is 9.72. The molecule has 19 heavy (non-hydrogen) atoms. The first-order valence-electron chi connectivity index (χ1n) is 7.32. The summed E-state index contributed by atoms with van der Waals surface area (Å²) < 4.78 is 0. The molecule has 0 bridgehead atoms. The lowest BCUT2D eigenvalue weighted by Crippen LogP contribution is -2.49. The van der Waals surface area contributed by atoms with E-state index in [0.29, 0.717) is 24.1 Å². The van der Waals surface area contributed by atoms with Crippen LogP contribution in [-0.2, 0) is 11.2 Å². The number of carbonyl (C=O) groups excluding carboxylic acids is 1. The number of amides is 1. The topological polar surface area (TPSA) is 40.5 Å². The maximum atomic E-state index is 12.1. The summed E-state index contributed by atoms with van der Waals surface area (Å²) in [5.41, 5.74) is 2.62. The number of benzene rings is 1. The Hall–Kier alpha value is -1.51. The molecule has 1 fully saturated rings. The van der Waals surface area contributed by atoms with Gasteiger partial charge in [-0.3, -0.25) is 4.79 Å². The molecule has 2 aliphatic rings. The van der Waals surface area contributed by atoms with Gasteiger partial charge >= 0.3 is 0 Å². The summed E-state index contributed by atoms with van der Waals surface area (Å²) in [6.07, 6.45) is 4.88. The van der Waals surface area contributed by atoms with E-state index in [1.165, 1.54) is 11.1 Å². The van der Waals surface area contributed by atoms with E-state index in [0.717, 1.165) is 32.2 Å². The third-order valence-electron chi connectivity index (χ3n) is 4.64. The molecule has 3 nitrogen and oxygen atoms in total. The van der Waals surface area contributed by atoms with Gasteiger partial charge in [-0.05, 0) is 48.9 Å². The highest BCUT2D eigenvalue weighted by Gasteiger charge is 2.37. The smallest absolute Gasteiger partial charge is 0.222 e. The van der Waals surface area contributed by atoms with Crippen LogP contribution >= 0.6 is 0 Å². The summed E-state index contributed by atoms with van der Waals surface area (Å²) in [5.74, 6) is 1.04. The molecule has 2 atom stereocenters. The van der Waals surface area contributed by atoms with Gasteiger partial charge in [-0.15, -0.1) is 0 Å². The van der Waals surface area contributed by atoms with Crippen molar-refractivity contribution in [3.05, 3.63) is 29.3 Å². The molecule has 0 aromatic heterocycles. The van der Waals surface area contributed by atoms with Crippen molar-refractivity contribution in [2.45, 2.75) is 51.0 Å². The number of likely N-dealkylation sites (tertiary alicyclic amines) is 1. The van der Waals surface area contributed by atoms with Crippen molar-refractivity contribution in [2.75, 3.05) is 6.54 Å². The maximum Gasteiger partial charge on any atom is 0.222 e. The number of phenols is 1. The van der Waals surface area contributed by atoms with Crippen LogP contribution in [0.2, 0.25) is 0 Å². The van der Waals surface area contributed by atoms with Crippen molar-refractivity contribution >= 4 is 5.91 Å². The third kappa shape index (κ3) is 2.11. The number of aromatic hydroxyl groups is 1. The van der Waals surface area contributed by atoms with Gasteiger partial charge in [-0.1, -0.05) is 13.0 Å². The number of rotatable bonds is 1. The number of hydrogen-bond acceptors (Lipinski definition) is 2. The number of nitrogens with zero attached hydrogens (tertiary/aromatic N) is 1. The number of aryl methyl sites for hydroxylation is 1.